The summed E-state index contributed by atoms with van der Waals surface area (Å²) in [5.74, 6) is 0. The van der Waals surface area contributed by atoms with Gasteiger partial charge in [0.25, 0.3) is 0 Å². The lowest BCUT2D eigenvalue weighted by Crippen LogP contribution is -2.32. The Morgan fingerprint density at radius 1 is 1.16 bits per heavy atom. The maximum absolute atomic E-state index is 12.6. The quantitative estimate of drug-likeness (QED) is 0.913. The second-order valence-electron chi connectivity index (χ2n) is 4.74. The molecule has 1 aromatic carbocycles. The molecule has 106 valence electrons. The van der Waals surface area contributed by atoms with Gasteiger partial charge >= 0.3 is 0 Å². The van der Waals surface area contributed by atoms with Crippen LogP contribution in [0.5, 0.6) is 0 Å². The van der Waals surface area contributed by atoms with Crippen molar-refractivity contribution in [3.8, 4) is 0 Å². The second-order valence-corrected chi connectivity index (χ2v) is 7.50. The highest BCUT2D eigenvalue weighted by molar-refractivity contribution is 9.10. The van der Waals surface area contributed by atoms with Crippen molar-refractivity contribution in [3.05, 3.63) is 28.2 Å². The molecule has 0 unspecified atom stereocenters. The molecule has 0 aromatic heterocycles. The van der Waals surface area contributed by atoms with Crippen LogP contribution in [0.4, 0.5) is 0 Å². The maximum atomic E-state index is 12.6. The lowest BCUT2D eigenvalue weighted by molar-refractivity contribution is 0.281. The average Bonchev–Trinajstić information content (AvgIpc) is 2.67. The first-order valence-corrected chi connectivity index (χ1v) is 8.68. The molecule has 1 saturated heterocycles. The maximum Gasteiger partial charge on any atom is 0.244 e. The first kappa shape index (κ1) is 15.0. The molecule has 1 aliphatic rings. The molecule has 1 aliphatic heterocycles. The Labute approximate surface area is 122 Å². The van der Waals surface area contributed by atoms with Crippen LogP contribution in [-0.4, -0.2) is 30.9 Å². The van der Waals surface area contributed by atoms with Crippen molar-refractivity contribution < 1.29 is 13.5 Å². The van der Waals surface area contributed by atoms with Gasteiger partial charge < -0.3 is 5.11 Å². The number of hydrogen-bond acceptors (Lipinski definition) is 3. The molecule has 0 spiro atoms. The predicted octanol–water partition coefficient (Wildman–Crippen LogP) is 2.51. The van der Waals surface area contributed by atoms with E-state index < -0.39 is 10.0 Å². The largest absolute Gasteiger partial charge is 0.392 e. The summed E-state index contributed by atoms with van der Waals surface area (Å²) in [6.07, 6.45) is 4.03. The van der Waals surface area contributed by atoms with Crippen LogP contribution in [0.3, 0.4) is 0 Å². The van der Waals surface area contributed by atoms with E-state index in [1.54, 1.807) is 22.5 Å². The smallest absolute Gasteiger partial charge is 0.244 e. The van der Waals surface area contributed by atoms with Gasteiger partial charge in [0.05, 0.1) is 11.5 Å². The van der Waals surface area contributed by atoms with Gasteiger partial charge in [0.15, 0.2) is 0 Å². The highest BCUT2D eigenvalue weighted by Gasteiger charge is 2.26. The fourth-order valence-electron chi connectivity index (χ4n) is 2.27. The average molecular weight is 348 g/mol. The first-order chi connectivity index (χ1) is 9.05. The van der Waals surface area contributed by atoms with E-state index in [0.717, 1.165) is 25.7 Å². The summed E-state index contributed by atoms with van der Waals surface area (Å²) in [7, 11) is -3.44. The van der Waals surface area contributed by atoms with Gasteiger partial charge in [0.2, 0.25) is 10.0 Å². The first-order valence-electron chi connectivity index (χ1n) is 6.45. The number of aliphatic hydroxyl groups is 1. The molecule has 1 N–H and O–H groups in total. The van der Waals surface area contributed by atoms with Crippen molar-refractivity contribution in [1.82, 2.24) is 4.31 Å². The zero-order chi connectivity index (χ0) is 13.9. The zero-order valence-corrected chi connectivity index (χ0v) is 13.1. The van der Waals surface area contributed by atoms with E-state index in [4.69, 9.17) is 5.11 Å². The minimum atomic E-state index is -3.44. The number of aliphatic hydroxyl groups excluding tert-OH is 1. The number of nitrogens with zero attached hydrogens (tertiary/aromatic N) is 1. The lowest BCUT2D eigenvalue weighted by Gasteiger charge is -2.20. The topological polar surface area (TPSA) is 57.6 Å². The Balaban J connectivity index is 2.32. The molecule has 1 fully saturated rings. The highest BCUT2D eigenvalue weighted by atomic mass is 79.9. The predicted molar refractivity (Wildman–Crippen MR) is 77.3 cm³/mol. The van der Waals surface area contributed by atoms with Gasteiger partial charge in [0, 0.05) is 17.6 Å². The van der Waals surface area contributed by atoms with Crippen molar-refractivity contribution in [3.63, 3.8) is 0 Å². The Bertz CT molecular complexity index is 537. The molecule has 0 saturated carbocycles. The molecular weight excluding hydrogens is 330 g/mol. The van der Waals surface area contributed by atoms with Gasteiger partial charge in [-0.25, -0.2) is 8.42 Å². The lowest BCUT2D eigenvalue weighted by atomic mass is 10.2. The van der Waals surface area contributed by atoms with Crippen LogP contribution < -0.4 is 0 Å². The van der Waals surface area contributed by atoms with E-state index in [1.165, 1.54) is 0 Å². The summed E-state index contributed by atoms with van der Waals surface area (Å²) in [6.45, 7) is 1.09. The van der Waals surface area contributed by atoms with Gasteiger partial charge in [-0.3, -0.25) is 0 Å². The molecule has 2 rings (SSSR count). The van der Waals surface area contributed by atoms with E-state index in [1.807, 2.05) is 0 Å². The fourth-order valence-corrected chi connectivity index (χ4v) is 4.88. The Morgan fingerprint density at radius 2 is 1.79 bits per heavy atom. The van der Waals surface area contributed by atoms with Gasteiger partial charge in [-0.2, -0.15) is 4.31 Å². The van der Waals surface area contributed by atoms with Crippen LogP contribution in [0.15, 0.2) is 27.6 Å². The molecule has 1 aromatic rings. The van der Waals surface area contributed by atoms with Gasteiger partial charge in [0.1, 0.15) is 0 Å². The minimum Gasteiger partial charge on any atom is -0.392 e. The number of halogens is 1. The van der Waals surface area contributed by atoms with Gasteiger partial charge in [-0.15, -0.1) is 0 Å². The van der Waals surface area contributed by atoms with Crippen LogP contribution in [0.1, 0.15) is 31.2 Å². The van der Waals surface area contributed by atoms with Gasteiger partial charge in [-0.1, -0.05) is 18.9 Å². The van der Waals surface area contributed by atoms with Crippen molar-refractivity contribution in [2.24, 2.45) is 0 Å². The molecule has 19 heavy (non-hydrogen) atoms. The molecule has 0 bridgehead atoms. The molecule has 0 radical (unpaired) electrons. The normalized spacial score (nSPS) is 18.2. The van der Waals surface area contributed by atoms with Crippen LogP contribution >= 0.6 is 15.9 Å². The molecule has 0 atom stereocenters. The highest BCUT2D eigenvalue weighted by Crippen LogP contribution is 2.27. The molecule has 1 heterocycles. The summed E-state index contributed by atoms with van der Waals surface area (Å²) in [6, 6.07) is 4.87. The molecule has 0 amide bonds. The molecule has 6 heteroatoms. The number of benzene rings is 1. The van der Waals surface area contributed by atoms with E-state index in [0.29, 0.717) is 23.1 Å². The van der Waals surface area contributed by atoms with E-state index in [9.17, 15) is 8.42 Å². The third kappa shape index (κ3) is 3.37. The van der Waals surface area contributed by atoms with Crippen molar-refractivity contribution in [1.29, 1.82) is 0 Å². The Morgan fingerprint density at radius 3 is 2.32 bits per heavy atom. The van der Waals surface area contributed by atoms with Crippen LogP contribution in [-0.2, 0) is 16.6 Å². The Kier molecular flexibility index (Phi) is 5.00. The monoisotopic (exact) mass is 347 g/mol. The van der Waals surface area contributed by atoms with Crippen molar-refractivity contribution in [2.45, 2.75) is 37.2 Å². The summed E-state index contributed by atoms with van der Waals surface area (Å²) in [5, 5.41) is 9.06. The van der Waals surface area contributed by atoms with E-state index >= 15 is 0 Å². The molecule has 4 nitrogen and oxygen atoms in total. The van der Waals surface area contributed by atoms with Crippen LogP contribution in [0, 0.1) is 0 Å². The summed E-state index contributed by atoms with van der Waals surface area (Å²) >= 11 is 3.29. The molecular formula is C13H18BrNO3S. The zero-order valence-electron chi connectivity index (χ0n) is 10.7. The number of hydrogen-bond donors (Lipinski definition) is 1. The van der Waals surface area contributed by atoms with Crippen LogP contribution in [0.25, 0.3) is 0 Å². The van der Waals surface area contributed by atoms with Crippen molar-refractivity contribution in [2.75, 3.05) is 13.1 Å². The standard InChI is InChI=1S/C13H18BrNO3S/c14-12-9-11(10-16)5-6-13(12)19(17,18)15-7-3-1-2-4-8-15/h5-6,9,16H,1-4,7-8,10H2. The second kappa shape index (κ2) is 6.35. The third-order valence-corrected chi connectivity index (χ3v) is 6.24. The van der Waals surface area contributed by atoms with Crippen LogP contribution in [0.2, 0.25) is 0 Å². The number of sulfonamides is 1. The summed E-state index contributed by atoms with van der Waals surface area (Å²) in [4.78, 5) is 0.284. The SMILES string of the molecule is O=S(=O)(c1ccc(CO)cc1Br)N1CCCCCC1. The van der Waals surface area contributed by atoms with Crippen molar-refractivity contribution >= 4 is 26.0 Å². The summed E-state index contributed by atoms with van der Waals surface area (Å²) in [5.41, 5.74) is 0.696. The van der Waals surface area contributed by atoms with E-state index in [2.05, 4.69) is 15.9 Å². The third-order valence-electron chi connectivity index (χ3n) is 3.36. The van der Waals surface area contributed by atoms with Gasteiger partial charge in [-0.05, 0) is 46.5 Å². The Hall–Kier alpha value is -0.430. The minimum absolute atomic E-state index is 0.0946. The molecule has 0 aliphatic carbocycles. The van der Waals surface area contributed by atoms with E-state index in [-0.39, 0.29) is 11.5 Å². The fraction of sp³-hybridized carbons (Fsp3) is 0.538. The summed E-state index contributed by atoms with van der Waals surface area (Å²) < 4.78 is 27.3. The number of rotatable bonds is 3.